The maximum absolute atomic E-state index is 13.9. The highest BCUT2D eigenvalue weighted by atomic mass is 19.4. The topological polar surface area (TPSA) is 86.6 Å². The van der Waals surface area contributed by atoms with Crippen molar-refractivity contribution in [2.45, 2.75) is 39.4 Å². The predicted molar refractivity (Wildman–Crippen MR) is 117 cm³/mol. The molecule has 1 aromatic carbocycles. The minimum absolute atomic E-state index is 0.0721. The van der Waals surface area contributed by atoms with E-state index in [9.17, 15) is 27.9 Å². The summed E-state index contributed by atoms with van der Waals surface area (Å²) in [7, 11) is 0. The van der Waals surface area contributed by atoms with E-state index < -0.39 is 35.5 Å². The molecule has 0 saturated heterocycles. The zero-order chi connectivity index (χ0) is 24.1. The summed E-state index contributed by atoms with van der Waals surface area (Å²) in [5.41, 5.74) is 0.275. The third-order valence-corrected chi connectivity index (χ3v) is 5.94. The summed E-state index contributed by atoms with van der Waals surface area (Å²) < 4.78 is 41.7. The van der Waals surface area contributed by atoms with Crippen molar-refractivity contribution in [1.82, 2.24) is 9.97 Å². The third-order valence-electron chi connectivity index (χ3n) is 5.94. The molecule has 1 aliphatic heterocycles. The van der Waals surface area contributed by atoms with Crippen molar-refractivity contribution >= 4 is 34.3 Å². The second-order valence-corrected chi connectivity index (χ2v) is 8.01. The Morgan fingerprint density at radius 1 is 1.15 bits per heavy atom. The van der Waals surface area contributed by atoms with Crippen LogP contribution in [0.5, 0.6) is 0 Å². The van der Waals surface area contributed by atoms with Gasteiger partial charge in [0.05, 0.1) is 28.5 Å². The minimum atomic E-state index is -4.86. The van der Waals surface area contributed by atoms with Gasteiger partial charge in [-0.3, -0.25) is 14.7 Å². The van der Waals surface area contributed by atoms with Crippen molar-refractivity contribution in [1.29, 1.82) is 0 Å². The molecule has 2 amide bonds. The largest absolute Gasteiger partial charge is 0.465 e. The quantitative estimate of drug-likeness (QED) is 0.571. The SMILES string of the molecule is CCC1CN(C(=O)c2cc3cnccc3nc2C(F)(F)F)c2cc(C)c(C)cc2N1C(=O)O. The summed E-state index contributed by atoms with van der Waals surface area (Å²) in [6, 6.07) is 5.15. The molecule has 3 heterocycles. The molecule has 3 aromatic rings. The van der Waals surface area contributed by atoms with Crippen LogP contribution >= 0.6 is 0 Å². The van der Waals surface area contributed by atoms with Crippen molar-refractivity contribution in [2.75, 3.05) is 16.3 Å². The van der Waals surface area contributed by atoms with Gasteiger partial charge < -0.3 is 10.0 Å². The van der Waals surface area contributed by atoms with Crippen molar-refractivity contribution in [3.63, 3.8) is 0 Å². The fraction of sp³-hybridized carbons (Fsp3) is 0.304. The molecule has 1 N–H and O–H groups in total. The lowest BCUT2D eigenvalue weighted by Crippen LogP contribution is -2.53. The number of carbonyl (C=O) groups is 2. The van der Waals surface area contributed by atoms with Crippen LogP contribution in [0.15, 0.2) is 36.7 Å². The van der Waals surface area contributed by atoms with E-state index in [0.717, 1.165) is 17.2 Å². The average molecular weight is 458 g/mol. The number of anilines is 2. The van der Waals surface area contributed by atoms with Gasteiger partial charge in [-0.05, 0) is 55.7 Å². The first-order valence-corrected chi connectivity index (χ1v) is 10.3. The summed E-state index contributed by atoms with van der Waals surface area (Å²) in [6.45, 7) is 5.28. The minimum Gasteiger partial charge on any atom is -0.465 e. The second-order valence-electron chi connectivity index (χ2n) is 8.01. The van der Waals surface area contributed by atoms with Crippen molar-refractivity contribution in [3.05, 3.63) is 59.0 Å². The van der Waals surface area contributed by atoms with E-state index in [1.807, 2.05) is 0 Å². The number of halogens is 3. The molecule has 0 spiro atoms. The van der Waals surface area contributed by atoms with Crippen molar-refractivity contribution in [3.8, 4) is 0 Å². The van der Waals surface area contributed by atoms with Gasteiger partial charge in [0.1, 0.15) is 0 Å². The van der Waals surface area contributed by atoms with Gasteiger partial charge in [-0.2, -0.15) is 13.2 Å². The first-order valence-electron chi connectivity index (χ1n) is 10.3. The summed E-state index contributed by atoms with van der Waals surface area (Å²) in [4.78, 5) is 35.7. The average Bonchev–Trinajstić information content (AvgIpc) is 2.76. The Labute approximate surface area is 187 Å². The molecule has 0 fully saturated rings. The van der Waals surface area contributed by atoms with Gasteiger partial charge in [-0.15, -0.1) is 0 Å². The highest BCUT2D eigenvalue weighted by Gasteiger charge is 2.42. The van der Waals surface area contributed by atoms with Crippen LogP contribution in [0.4, 0.5) is 29.3 Å². The van der Waals surface area contributed by atoms with E-state index in [-0.39, 0.29) is 23.4 Å². The summed E-state index contributed by atoms with van der Waals surface area (Å²) in [5, 5.41) is 10.1. The summed E-state index contributed by atoms with van der Waals surface area (Å²) >= 11 is 0. The van der Waals surface area contributed by atoms with E-state index in [1.54, 1.807) is 32.9 Å². The molecule has 2 aromatic heterocycles. The molecule has 0 aliphatic carbocycles. The standard InChI is InChI=1S/C23H21F3N4O3/c1-4-15-11-29(18-7-12(2)13(3)8-19(18)30(15)22(32)33)21(31)16-9-14-10-27-6-5-17(14)28-20(16)23(24,25)26/h5-10,15H,4,11H2,1-3H3,(H,32,33). The van der Waals surface area contributed by atoms with Crippen molar-refractivity contribution < 1.29 is 27.9 Å². The molecule has 1 atom stereocenters. The number of carbonyl (C=O) groups excluding carboxylic acids is 1. The predicted octanol–water partition coefficient (Wildman–Crippen LogP) is 5.19. The van der Waals surface area contributed by atoms with E-state index in [0.29, 0.717) is 11.8 Å². The number of benzene rings is 1. The number of fused-ring (bicyclic) bond motifs is 2. The maximum Gasteiger partial charge on any atom is 0.434 e. The molecule has 33 heavy (non-hydrogen) atoms. The Kier molecular flexibility index (Phi) is 5.47. The number of nitrogens with zero attached hydrogens (tertiary/aromatic N) is 4. The van der Waals surface area contributed by atoms with Crippen LogP contribution in [0.3, 0.4) is 0 Å². The Morgan fingerprint density at radius 3 is 2.42 bits per heavy atom. The number of aromatic nitrogens is 2. The number of pyridine rings is 2. The Balaban J connectivity index is 1.93. The zero-order valence-electron chi connectivity index (χ0n) is 18.1. The van der Waals surface area contributed by atoms with Crippen LogP contribution in [-0.4, -0.2) is 39.7 Å². The number of alkyl halides is 3. The molecule has 0 saturated carbocycles. The number of hydrogen-bond donors (Lipinski definition) is 1. The molecule has 172 valence electrons. The molecule has 1 aliphatic rings. The third kappa shape index (κ3) is 3.85. The molecule has 7 nitrogen and oxygen atoms in total. The smallest absolute Gasteiger partial charge is 0.434 e. The first kappa shape index (κ1) is 22.5. The Hall–Kier alpha value is -3.69. The fourth-order valence-electron chi connectivity index (χ4n) is 4.09. The maximum atomic E-state index is 13.9. The number of amides is 2. The van der Waals surface area contributed by atoms with E-state index in [1.165, 1.54) is 28.3 Å². The number of carboxylic acid groups (broad SMARTS) is 1. The van der Waals surface area contributed by atoms with Gasteiger partial charge in [0.2, 0.25) is 0 Å². The highest BCUT2D eigenvalue weighted by Crippen LogP contribution is 2.40. The first-order chi connectivity index (χ1) is 15.5. The number of aryl methyl sites for hydroxylation is 2. The molecule has 10 heteroatoms. The van der Waals surface area contributed by atoms with Crippen molar-refractivity contribution in [2.24, 2.45) is 0 Å². The van der Waals surface area contributed by atoms with Gasteiger partial charge in [-0.25, -0.2) is 9.78 Å². The monoisotopic (exact) mass is 458 g/mol. The lowest BCUT2D eigenvalue weighted by molar-refractivity contribution is -0.141. The normalized spacial score (nSPS) is 16.1. The Morgan fingerprint density at radius 2 is 1.82 bits per heavy atom. The molecule has 4 rings (SSSR count). The summed E-state index contributed by atoms with van der Waals surface area (Å²) in [5.74, 6) is -0.895. The van der Waals surface area contributed by atoms with E-state index in [2.05, 4.69) is 9.97 Å². The molecular formula is C23H21F3N4O3. The van der Waals surface area contributed by atoms with Gasteiger partial charge in [0, 0.05) is 24.3 Å². The van der Waals surface area contributed by atoms with Crippen LogP contribution in [0, 0.1) is 13.8 Å². The van der Waals surface area contributed by atoms with E-state index in [4.69, 9.17) is 0 Å². The fourth-order valence-corrected chi connectivity index (χ4v) is 4.09. The van der Waals surface area contributed by atoms with Gasteiger partial charge >= 0.3 is 12.3 Å². The zero-order valence-corrected chi connectivity index (χ0v) is 18.1. The van der Waals surface area contributed by atoms with Gasteiger partial charge in [-0.1, -0.05) is 6.92 Å². The number of rotatable bonds is 2. The lowest BCUT2D eigenvalue weighted by atomic mass is 9.99. The summed E-state index contributed by atoms with van der Waals surface area (Å²) in [6.07, 6.45) is -3.00. The van der Waals surface area contributed by atoms with E-state index >= 15 is 0 Å². The molecule has 0 bridgehead atoms. The van der Waals surface area contributed by atoms with Crippen LogP contribution in [-0.2, 0) is 6.18 Å². The van der Waals surface area contributed by atoms with Gasteiger partial charge in [0.25, 0.3) is 5.91 Å². The second kappa shape index (κ2) is 8.02. The van der Waals surface area contributed by atoms with Crippen LogP contribution in [0.2, 0.25) is 0 Å². The molecule has 1 unspecified atom stereocenters. The van der Waals surface area contributed by atoms with Gasteiger partial charge in [0.15, 0.2) is 5.69 Å². The molecule has 0 radical (unpaired) electrons. The van der Waals surface area contributed by atoms with Crippen LogP contribution in [0.1, 0.15) is 40.5 Å². The number of hydrogen-bond acceptors (Lipinski definition) is 4. The van der Waals surface area contributed by atoms with Crippen LogP contribution in [0.25, 0.3) is 10.9 Å². The molecular weight excluding hydrogens is 437 g/mol. The highest BCUT2D eigenvalue weighted by molar-refractivity contribution is 6.12. The lowest BCUT2D eigenvalue weighted by Gasteiger charge is -2.41. The van der Waals surface area contributed by atoms with Crippen LogP contribution < -0.4 is 9.80 Å². The Bertz CT molecular complexity index is 1280.